The van der Waals surface area contributed by atoms with E-state index in [1.54, 1.807) is 10.9 Å². The van der Waals surface area contributed by atoms with Crippen molar-refractivity contribution in [2.24, 2.45) is 11.7 Å². The molecule has 0 saturated heterocycles. The van der Waals surface area contributed by atoms with E-state index in [9.17, 15) is 0 Å². The first kappa shape index (κ1) is 9.16. The number of nitrogens with zero attached hydrogens (tertiary/aromatic N) is 4. The van der Waals surface area contributed by atoms with Gasteiger partial charge >= 0.3 is 0 Å². The third kappa shape index (κ3) is 1.61. The van der Waals surface area contributed by atoms with Crippen LogP contribution in [0.5, 0.6) is 0 Å². The molecule has 0 radical (unpaired) electrons. The highest BCUT2D eigenvalue weighted by atomic mass is 15.4. The maximum atomic E-state index is 8.61. The van der Waals surface area contributed by atoms with Crippen LogP contribution in [0.25, 0.3) is 0 Å². The van der Waals surface area contributed by atoms with Gasteiger partial charge in [-0.3, -0.25) is 0 Å². The van der Waals surface area contributed by atoms with Crippen molar-refractivity contribution in [2.75, 3.05) is 6.54 Å². The number of rotatable bonds is 2. The molecule has 1 saturated carbocycles. The molecule has 0 aliphatic heterocycles. The minimum atomic E-state index is 0.387. The number of hydrogen-bond acceptors (Lipinski definition) is 4. The summed E-state index contributed by atoms with van der Waals surface area (Å²) in [5, 5.41) is 16.3. The van der Waals surface area contributed by atoms with Crippen LogP contribution in [-0.4, -0.2) is 21.5 Å². The normalized spacial score (nSPS) is 26.3. The zero-order valence-electron chi connectivity index (χ0n) is 7.93. The quantitative estimate of drug-likeness (QED) is 0.735. The second-order valence-corrected chi connectivity index (χ2v) is 3.76. The molecular formula is C9H13N5. The van der Waals surface area contributed by atoms with Crippen molar-refractivity contribution < 1.29 is 0 Å². The van der Waals surface area contributed by atoms with Gasteiger partial charge in [0.05, 0.1) is 12.2 Å². The smallest absolute Gasteiger partial charge is 0.182 e. The second-order valence-electron chi connectivity index (χ2n) is 3.76. The summed E-state index contributed by atoms with van der Waals surface area (Å²) in [6.45, 7) is 0.746. The summed E-state index contributed by atoms with van der Waals surface area (Å²) < 4.78 is 1.80. The lowest BCUT2D eigenvalue weighted by atomic mass is 10.1. The Labute approximate surface area is 82.5 Å². The van der Waals surface area contributed by atoms with Gasteiger partial charge in [0.15, 0.2) is 5.69 Å². The first-order valence-corrected chi connectivity index (χ1v) is 4.85. The Balaban J connectivity index is 2.06. The van der Waals surface area contributed by atoms with E-state index in [4.69, 9.17) is 11.0 Å². The molecule has 1 aliphatic carbocycles. The zero-order chi connectivity index (χ0) is 9.97. The fourth-order valence-electron chi connectivity index (χ4n) is 2.01. The van der Waals surface area contributed by atoms with Crippen LogP contribution in [0, 0.1) is 17.2 Å². The Morgan fingerprint density at radius 2 is 2.50 bits per heavy atom. The lowest BCUT2D eigenvalue weighted by molar-refractivity contribution is 0.433. The average Bonchev–Trinajstić information content (AvgIpc) is 2.86. The largest absolute Gasteiger partial charge is 0.330 e. The summed E-state index contributed by atoms with van der Waals surface area (Å²) in [6.07, 6.45) is 5.02. The third-order valence-electron chi connectivity index (χ3n) is 2.85. The Bertz CT molecular complexity index is 350. The van der Waals surface area contributed by atoms with Crippen molar-refractivity contribution in [1.29, 1.82) is 5.26 Å². The molecule has 1 aliphatic rings. The fourth-order valence-corrected chi connectivity index (χ4v) is 2.01. The highest BCUT2D eigenvalue weighted by Crippen LogP contribution is 2.33. The summed E-state index contributed by atoms with van der Waals surface area (Å²) in [7, 11) is 0. The van der Waals surface area contributed by atoms with Gasteiger partial charge in [0.1, 0.15) is 6.07 Å². The molecule has 2 atom stereocenters. The predicted octanol–water partition coefficient (Wildman–Crippen LogP) is 0.450. The zero-order valence-corrected chi connectivity index (χ0v) is 7.93. The van der Waals surface area contributed by atoms with Crippen molar-refractivity contribution >= 4 is 0 Å². The molecule has 1 aromatic rings. The monoisotopic (exact) mass is 191 g/mol. The fraction of sp³-hybridized carbons (Fsp3) is 0.667. The number of hydrogen-bond donors (Lipinski definition) is 1. The minimum absolute atomic E-state index is 0.387. The molecule has 0 bridgehead atoms. The number of nitrogens with two attached hydrogens (primary N) is 1. The van der Waals surface area contributed by atoms with E-state index in [0.717, 1.165) is 25.8 Å². The van der Waals surface area contributed by atoms with Crippen LogP contribution in [0.2, 0.25) is 0 Å². The highest BCUT2D eigenvalue weighted by molar-refractivity contribution is 5.13. The van der Waals surface area contributed by atoms with E-state index < -0.39 is 0 Å². The van der Waals surface area contributed by atoms with Gasteiger partial charge in [0.25, 0.3) is 0 Å². The van der Waals surface area contributed by atoms with Crippen molar-refractivity contribution in [1.82, 2.24) is 15.0 Å². The molecule has 5 nitrogen and oxygen atoms in total. The molecule has 0 spiro atoms. The summed E-state index contributed by atoms with van der Waals surface area (Å²) in [4.78, 5) is 0. The van der Waals surface area contributed by atoms with Crippen molar-refractivity contribution in [3.8, 4) is 6.07 Å². The van der Waals surface area contributed by atoms with E-state index in [1.807, 2.05) is 6.07 Å². The molecule has 14 heavy (non-hydrogen) atoms. The molecule has 0 aromatic carbocycles. The van der Waals surface area contributed by atoms with Crippen LogP contribution in [0.3, 0.4) is 0 Å². The Morgan fingerprint density at radius 3 is 3.07 bits per heavy atom. The van der Waals surface area contributed by atoms with Crippen LogP contribution in [0.15, 0.2) is 6.20 Å². The molecule has 74 valence electrons. The Hall–Kier alpha value is -1.41. The molecule has 0 amide bonds. The van der Waals surface area contributed by atoms with E-state index in [0.29, 0.717) is 17.7 Å². The molecule has 2 N–H and O–H groups in total. The van der Waals surface area contributed by atoms with Gasteiger partial charge in [-0.05, 0) is 31.7 Å². The van der Waals surface area contributed by atoms with E-state index in [-0.39, 0.29) is 0 Å². The van der Waals surface area contributed by atoms with Crippen LogP contribution in [0.4, 0.5) is 0 Å². The summed E-state index contributed by atoms with van der Waals surface area (Å²) in [5.41, 5.74) is 6.00. The maximum absolute atomic E-state index is 8.61. The molecule has 1 aromatic heterocycles. The van der Waals surface area contributed by atoms with Crippen LogP contribution in [0.1, 0.15) is 31.0 Å². The Morgan fingerprint density at radius 1 is 1.64 bits per heavy atom. The van der Waals surface area contributed by atoms with Crippen molar-refractivity contribution in [3.05, 3.63) is 11.9 Å². The van der Waals surface area contributed by atoms with Crippen LogP contribution in [-0.2, 0) is 0 Å². The lowest BCUT2D eigenvalue weighted by Gasteiger charge is -2.08. The van der Waals surface area contributed by atoms with Crippen LogP contribution >= 0.6 is 0 Å². The maximum Gasteiger partial charge on any atom is 0.182 e. The second kappa shape index (κ2) is 3.76. The minimum Gasteiger partial charge on any atom is -0.330 e. The SMILES string of the molecule is N#Cc1cn(C2CCC(CN)C2)nn1. The molecule has 2 unspecified atom stereocenters. The van der Waals surface area contributed by atoms with Gasteiger partial charge in [-0.1, -0.05) is 5.21 Å². The summed E-state index contributed by atoms with van der Waals surface area (Å²) >= 11 is 0. The molecule has 1 heterocycles. The highest BCUT2D eigenvalue weighted by Gasteiger charge is 2.25. The lowest BCUT2D eigenvalue weighted by Crippen LogP contribution is -2.12. The molecule has 2 rings (SSSR count). The van der Waals surface area contributed by atoms with Gasteiger partial charge in [-0.15, -0.1) is 5.10 Å². The average molecular weight is 191 g/mol. The van der Waals surface area contributed by atoms with Gasteiger partial charge in [-0.2, -0.15) is 5.26 Å². The van der Waals surface area contributed by atoms with Gasteiger partial charge < -0.3 is 5.73 Å². The third-order valence-corrected chi connectivity index (χ3v) is 2.85. The van der Waals surface area contributed by atoms with Crippen molar-refractivity contribution in [3.63, 3.8) is 0 Å². The summed E-state index contributed by atoms with van der Waals surface area (Å²) in [6, 6.07) is 2.36. The topological polar surface area (TPSA) is 80.5 Å². The van der Waals surface area contributed by atoms with E-state index in [1.165, 1.54) is 0 Å². The van der Waals surface area contributed by atoms with Gasteiger partial charge in [-0.25, -0.2) is 4.68 Å². The van der Waals surface area contributed by atoms with E-state index in [2.05, 4.69) is 10.3 Å². The standard InChI is InChI=1S/C9H13N5/c10-4-7-1-2-9(3-7)14-6-8(5-11)12-13-14/h6-7,9H,1-4,10H2. The molecule has 5 heteroatoms. The Kier molecular flexibility index (Phi) is 2.46. The van der Waals surface area contributed by atoms with Crippen molar-refractivity contribution in [2.45, 2.75) is 25.3 Å². The van der Waals surface area contributed by atoms with E-state index >= 15 is 0 Å². The van der Waals surface area contributed by atoms with Gasteiger partial charge in [0.2, 0.25) is 0 Å². The van der Waals surface area contributed by atoms with Crippen LogP contribution < -0.4 is 5.73 Å². The van der Waals surface area contributed by atoms with Gasteiger partial charge in [0, 0.05) is 0 Å². The first-order chi connectivity index (χ1) is 6.83. The number of aromatic nitrogens is 3. The summed E-state index contributed by atoms with van der Waals surface area (Å²) in [5.74, 6) is 0.606. The number of nitriles is 1. The molecule has 1 fully saturated rings. The first-order valence-electron chi connectivity index (χ1n) is 4.85. The predicted molar refractivity (Wildman–Crippen MR) is 50.2 cm³/mol. The molecular weight excluding hydrogens is 178 g/mol.